The molecule has 2 atom stereocenters. The maximum absolute atomic E-state index is 13.4. The van der Waals surface area contributed by atoms with Gasteiger partial charge in [0.1, 0.15) is 6.07 Å². The van der Waals surface area contributed by atoms with E-state index in [1.807, 2.05) is 42.3 Å². The molecule has 2 heterocycles. The molecule has 0 aromatic heterocycles. The second-order valence-electron chi connectivity index (χ2n) is 8.09. The van der Waals surface area contributed by atoms with Crippen molar-refractivity contribution < 1.29 is 4.79 Å². The predicted molar refractivity (Wildman–Crippen MR) is 118 cm³/mol. The molecule has 2 aliphatic rings. The molecule has 0 radical (unpaired) electrons. The van der Waals surface area contributed by atoms with Crippen molar-refractivity contribution in [2.24, 2.45) is 0 Å². The van der Waals surface area contributed by atoms with E-state index in [-0.39, 0.29) is 11.9 Å². The van der Waals surface area contributed by atoms with E-state index in [0.29, 0.717) is 24.7 Å². The van der Waals surface area contributed by atoms with E-state index in [0.717, 1.165) is 38.3 Å². The summed E-state index contributed by atoms with van der Waals surface area (Å²) >= 11 is 0. The third-order valence-electron chi connectivity index (χ3n) is 6.28. The monoisotopic (exact) mass is 403 g/mol. The zero-order valence-corrected chi connectivity index (χ0v) is 17.5. The highest BCUT2D eigenvalue weighted by molar-refractivity contribution is 5.82. The van der Waals surface area contributed by atoms with Crippen LogP contribution in [0, 0.1) is 11.3 Å². The second-order valence-corrected chi connectivity index (χ2v) is 8.09. The first-order valence-corrected chi connectivity index (χ1v) is 10.7. The van der Waals surface area contributed by atoms with E-state index in [4.69, 9.17) is 0 Å². The Kier molecular flexibility index (Phi) is 6.32. The highest BCUT2D eigenvalue weighted by atomic mass is 16.2. The van der Waals surface area contributed by atoms with Crippen LogP contribution >= 0.6 is 0 Å². The van der Waals surface area contributed by atoms with Gasteiger partial charge in [0, 0.05) is 45.3 Å². The van der Waals surface area contributed by atoms with Crippen LogP contribution in [-0.2, 0) is 11.3 Å². The van der Waals surface area contributed by atoms with Crippen LogP contribution in [-0.4, -0.2) is 67.6 Å². The Hall–Kier alpha value is -2.88. The van der Waals surface area contributed by atoms with Crippen molar-refractivity contribution in [1.82, 2.24) is 15.1 Å². The Morgan fingerprint density at radius 3 is 2.47 bits per heavy atom. The topological polar surface area (TPSA) is 62.6 Å². The average Bonchev–Trinajstić information content (AvgIpc) is 3.22. The molecule has 156 valence electrons. The van der Waals surface area contributed by atoms with E-state index in [9.17, 15) is 10.1 Å². The van der Waals surface area contributed by atoms with E-state index >= 15 is 0 Å². The minimum Gasteiger partial charge on any atom is -0.367 e. The number of benzene rings is 2. The zero-order chi connectivity index (χ0) is 20.9. The summed E-state index contributed by atoms with van der Waals surface area (Å²) in [6.07, 6.45) is 0.847. The van der Waals surface area contributed by atoms with Gasteiger partial charge in [-0.2, -0.15) is 5.26 Å². The van der Waals surface area contributed by atoms with E-state index < -0.39 is 0 Å². The molecular formula is C24H29N5O. The number of amides is 1. The van der Waals surface area contributed by atoms with Gasteiger partial charge in [0.15, 0.2) is 0 Å². The van der Waals surface area contributed by atoms with Crippen LogP contribution in [0.5, 0.6) is 0 Å². The standard InChI is InChI=1S/C24H29N5O/c1-26-21-15-23(29(18-21)17-19-7-3-2-4-8-19)24(30)28-13-11-27(12-14-28)22-10-6-5-9-20(22)16-25/h2-10,21,23,26H,11-15,17-18H2,1H3. The third kappa shape index (κ3) is 4.33. The normalized spacial score (nSPS) is 22.1. The van der Waals surface area contributed by atoms with Gasteiger partial charge in [-0.3, -0.25) is 9.69 Å². The molecule has 2 aromatic rings. The number of nitrogens with one attached hydrogen (secondary N) is 1. The first-order valence-electron chi connectivity index (χ1n) is 10.7. The van der Waals surface area contributed by atoms with E-state index in [1.165, 1.54) is 5.56 Å². The van der Waals surface area contributed by atoms with E-state index in [2.05, 4.69) is 45.5 Å². The van der Waals surface area contributed by atoms with Gasteiger partial charge < -0.3 is 15.1 Å². The van der Waals surface area contributed by atoms with Crippen LogP contribution < -0.4 is 10.2 Å². The predicted octanol–water partition coefficient (Wildman–Crippen LogP) is 2.07. The lowest BCUT2D eigenvalue weighted by atomic mass is 10.1. The Morgan fingerprint density at radius 2 is 1.77 bits per heavy atom. The summed E-state index contributed by atoms with van der Waals surface area (Å²) in [6, 6.07) is 20.6. The average molecular weight is 404 g/mol. The van der Waals surface area contributed by atoms with Crippen molar-refractivity contribution in [3.63, 3.8) is 0 Å². The third-order valence-corrected chi connectivity index (χ3v) is 6.28. The SMILES string of the molecule is CNC1CC(C(=O)N2CCN(c3ccccc3C#N)CC2)N(Cc2ccccc2)C1. The molecule has 0 spiro atoms. The number of rotatable bonds is 5. The molecule has 0 aliphatic carbocycles. The number of piperazine rings is 1. The number of anilines is 1. The van der Waals surface area contributed by atoms with Crippen LogP contribution in [0.25, 0.3) is 0 Å². The highest BCUT2D eigenvalue weighted by Gasteiger charge is 2.38. The van der Waals surface area contributed by atoms with Crippen molar-refractivity contribution in [1.29, 1.82) is 5.26 Å². The molecule has 2 saturated heterocycles. The molecule has 2 aromatic carbocycles. The highest BCUT2D eigenvalue weighted by Crippen LogP contribution is 2.25. The first kappa shape index (κ1) is 20.4. The molecule has 2 aliphatic heterocycles. The van der Waals surface area contributed by atoms with Crippen molar-refractivity contribution >= 4 is 11.6 Å². The Morgan fingerprint density at radius 1 is 1.07 bits per heavy atom. The van der Waals surface area contributed by atoms with Crippen LogP contribution in [0.2, 0.25) is 0 Å². The van der Waals surface area contributed by atoms with Crippen LogP contribution in [0.15, 0.2) is 54.6 Å². The number of para-hydroxylation sites is 1. The minimum absolute atomic E-state index is 0.0828. The molecule has 0 saturated carbocycles. The lowest BCUT2D eigenvalue weighted by Crippen LogP contribution is -2.53. The largest absolute Gasteiger partial charge is 0.367 e. The van der Waals surface area contributed by atoms with E-state index in [1.54, 1.807) is 0 Å². The van der Waals surface area contributed by atoms with Crippen LogP contribution in [0.1, 0.15) is 17.5 Å². The molecule has 4 rings (SSSR count). The van der Waals surface area contributed by atoms with Gasteiger partial charge in [-0.05, 0) is 31.2 Å². The number of hydrogen-bond donors (Lipinski definition) is 1. The number of carbonyl (C=O) groups is 1. The van der Waals surface area contributed by atoms with Crippen LogP contribution in [0.4, 0.5) is 5.69 Å². The lowest BCUT2D eigenvalue weighted by molar-refractivity contribution is -0.136. The minimum atomic E-state index is -0.0828. The summed E-state index contributed by atoms with van der Waals surface area (Å²) < 4.78 is 0. The van der Waals surface area contributed by atoms with Crippen molar-refractivity contribution in [3.8, 4) is 6.07 Å². The molecule has 30 heavy (non-hydrogen) atoms. The van der Waals surface area contributed by atoms with Gasteiger partial charge in [0.25, 0.3) is 0 Å². The molecule has 1 amide bonds. The fourth-order valence-corrected chi connectivity index (χ4v) is 4.58. The fourth-order valence-electron chi connectivity index (χ4n) is 4.58. The molecule has 2 unspecified atom stereocenters. The smallest absolute Gasteiger partial charge is 0.240 e. The maximum atomic E-state index is 13.4. The van der Waals surface area contributed by atoms with Crippen molar-refractivity contribution in [3.05, 3.63) is 65.7 Å². The molecule has 2 fully saturated rings. The van der Waals surface area contributed by atoms with Crippen molar-refractivity contribution in [2.45, 2.75) is 25.0 Å². The number of carbonyl (C=O) groups excluding carboxylic acids is 1. The number of likely N-dealkylation sites (tertiary alicyclic amines) is 1. The molecule has 1 N–H and O–H groups in total. The number of likely N-dealkylation sites (N-methyl/N-ethyl adjacent to an activating group) is 1. The Balaban J connectivity index is 1.41. The van der Waals surface area contributed by atoms with Gasteiger partial charge >= 0.3 is 0 Å². The summed E-state index contributed by atoms with van der Waals surface area (Å²) in [5.41, 5.74) is 2.90. The summed E-state index contributed by atoms with van der Waals surface area (Å²) in [4.78, 5) is 20.0. The molecule has 6 nitrogen and oxygen atoms in total. The number of nitrogens with zero attached hydrogens (tertiary/aromatic N) is 4. The zero-order valence-electron chi connectivity index (χ0n) is 17.5. The fraction of sp³-hybridized carbons (Fsp3) is 0.417. The van der Waals surface area contributed by atoms with Crippen LogP contribution in [0.3, 0.4) is 0 Å². The second kappa shape index (κ2) is 9.29. The Bertz CT molecular complexity index is 901. The van der Waals surface area contributed by atoms with Crippen molar-refractivity contribution in [2.75, 3.05) is 44.7 Å². The van der Waals surface area contributed by atoms with Gasteiger partial charge in [0.2, 0.25) is 5.91 Å². The van der Waals surface area contributed by atoms with Gasteiger partial charge in [-0.25, -0.2) is 0 Å². The molecular weight excluding hydrogens is 374 g/mol. The summed E-state index contributed by atoms with van der Waals surface area (Å²) in [5.74, 6) is 0.233. The lowest BCUT2D eigenvalue weighted by Gasteiger charge is -2.38. The quantitative estimate of drug-likeness (QED) is 0.828. The Labute approximate surface area is 178 Å². The van der Waals surface area contributed by atoms with Gasteiger partial charge in [0.05, 0.1) is 17.3 Å². The van der Waals surface area contributed by atoms with Gasteiger partial charge in [-0.15, -0.1) is 0 Å². The number of hydrogen-bond acceptors (Lipinski definition) is 5. The maximum Gasteiger partial charge on any atom is 0.240 e. The molecule has 0 bridgehead atoms. The summed E-state index contributed by atoms with van der Waals surface area (Å²) in [5, 5.41) is 12.7. The summed E-state index contributed by atoms with van der Waals surface area (Å²) in [7, 11) is 1.98. The first-order chi connectivity index (χ1) is 14.7. The van der Waals surface area contributed by atoms with Gasteiger partial charge in [-0.1, -0.05) is 42.5 Å². The number of nitriles is 1. The molecule has 6 heteroatoms. The summed E-state index contributed by atoms with van der Waals surface area (Å²) in [6.45, 7) is 4.58.